The molecule has 0 unspecified atom stereocenters. The molecule has 4 rings (SSSR count). The highest BCUT2D eigenvalue weighted by Gasteiger charge is 2.29. The summed E-state index contributed by atoms with van der Waals surface area (Å²) in [5.41, 5.74) is 1.54. The van der Waals surface area contributed by atoms with E-state index in [1.54, 1.807) is 12.4 Å². The predicted octanol–water partition coefficient (Wildman–Crippen LogP) is 1.40. The molecule has 1 atom stereocenters. The molecule has 8 heteroatoms. The molecule has 3 heterocycles. The second-order valence-electron chi connectivity index (χ2n) is 6.90. The van der Waals surface area contributed by atoms with Crippen LogP contribution < -0.4 is 15.1 Å². The first-order valence-electron chi connectivity index (χ1n) is 9.04. The average Bonchev–Trinajstić information content (AvgIpc) is 2.67. The first kappa shape index (κ1) is 16.7. The van der Waals surface area contributed by atoms with Crippen LogP contribution in [0.4, 0.5) is 17.7 Å². The number of nitrogens with zero attached hydrogens (tertiary/aromatic N) is 6. The minimum Gasteiger partial charge on any atom is -0.372 e. The molecular weight excluding hydrogens is 330 g/mol. The number of fused-ring (bicyclic) bond motifs is 1. The minimum atomic E-state index is 0.140. The molecule has 2 aromatic heterocycles. The van der Waals surface area contributed by atoms with Crippen molar-refractivity contribution in [2.75, 3.05) is 48.3 Å². The van der Waals surface area contributed by atoms with Gasteiger partial charge in [0.15, 0.2) is 5.78 Å². The Hall–Kier alpha value is -2.77. The van der Waals surface area contributed by atoms with Crippen LogP contribution in [-0.2, 0) is 6.42 Å². The van der Waals surface area contributed by atoms with Crippen LogP contribution in [0.2, 0.25) is 0 Å². The summed E-state index contributed by atoms with van der Waals surface area (Å²) in [5.74, 6) is 2.57. The normalized spacial score (nSPS) is 20.1. The highest BCUT2D eigenvalue weighted by atomic mass is 16.1. The van der Waals surface area contributed by atoms with Gasteiger partial charge in [-0.05, 0) is 18.4 Å². The molecular formula is C18H23N7O. The van der Waals surface area contributed by atoms with Gasteiger partial charge >= 0.3 is 0 Å². The lowest BCUT2D eigenvalue weighted by Crippen LogP contribution is -2.48. The second kappa shape index (κ2) is 6.86. The first-order chi connectivity index (χ1) is 12.7. The standard InChI is InChI=1S/C18H23N7O/c1-12-10-13-15(14(26)11-12)16(19-2)23-18(22-13)25-8-6-24(7-9-25)17-20-4-3-5-21-17/h3-5,12H,6-11H2,1-2H3,(H,19,22,23)/t12-/m0/s1. The highest BCUT2D eigenvalue weighted by molar-refractivity contribution is 6.02. The maximum Gasteiger partial charge on any atom is 0.227 e. The fourth-order valence-electron chi connectivity index (χ4n) is 3.64. The molecule has 26 heavy (non-hydrogen) atoms. The van der Waals surface area contributed by atoms with Crippen molar-refractivity contribution in [2.24, 2.45) is 5.92 Å². The molecule has 0 saturated carbocycles. The lowest BCUT2D eigenvalue weighted by atomic mass is 9.87. The van der Waals surface area contributed by atoms with Crippen molar-refractivity contribution in [1.29, 1.82) is 0 Å². The van der Waals surface area contributed by atoms with Crippen LogP contribution in [-0.4, -0.2) is 58.9 Å². The number of nitrogens with one attached hydrogen (secondary N) is 1. The Labute approximate surface area is 152 Å². The molecule has 0 bridgehead atoms. The molecule has 0 radical (unpaired) electrons. The Kier molecular flexibility index (Phi) is 4.40. The smallest absolute Gasteiger partial charge is 0.227 e. The molecule has 0 spiro atoms. The zero-order valence-electron chi connectivity index (χ0n) is 15.1. The Balaban J connectivity index is 1.56. The van der Waals surface area contributed by atoms with E-state index < -0.39 is 0 Å². The molecule has 1 aliphatic heterocycles. The number of hydrogen-bond donors (Lipinski definition) is 1. The number of hydrogen-bond acceptors (Lipinski definition) is 8. The Bertz CT molecular complexity index is 803. The van der Waals surface area contributed by atoms with Crippen molar-refractivity contribution in [3.63, 3.8) is 0 Å². The van der Waals surface area contributed by atoms with Gasteiger partial charge in [-0.25, -0.2) is 15.0 Å². The van der Waals surface area contributed by atoms with Crippen LogP contribution in [0, 0.1) is 5.92 Å². The molecule has 8 nitrogen and oxygen atoms in total. The number of Topliss-reactive ketones (excluding diaryl/α,β-unsaturated/α-hetero) is 1. The average molecular weight is 353 g/mol. The van der Waals surface area contributed by atoms with Crippen LogP contribution in [0.5, 0.6) is 0 Å². The Morgan fingerprint density at radius 2 is 1.65 bits per heavy atom. The fraction of sp³-hybridized carbons (Fsp3) is 0.500. The molecule has 2 aromatic rings. The van der Waals surface area contributed by atoms with Gasteiger partial charge in [-0.2, -0.15) is 4.98 Å². The number of rotatable bonds is 3. The van der Waals surface area contributed by atoms with Gasteiger partial charge in [0.2, 0.25) is 11.9 Å². The maximum absolute atomic E-state index is 12.4. The third kappa shape index (κ3) is 3.07. The van der Waals surface area contributed by atoms with Gasteiger partial charge in [0, 0.05) is 52.0 Å². The summed E-state index contributed by atoms with van der Waals surface area (Å²) < 4.78 is 0. The van der Waals surface area contributed by atoms with E-state index in [4.69, 9.17) is 4.98 Å². The number of ketones is 1. The van der Waals surface area contributed by atoms with Crippen molar-refractivity contribution in [2.45, 2.75) is 19.8 Å². The second-order valence-corrected chi connectivity index (χ2v) is 6.90. The number of carbonyl (C=O) groups excluding carboxylic acids is 1. The van der Waals surface area contributed by atoms with Crippen LogP contribution in [0.25, 0.3) is 0 Å². The third-order valence-corrected chi connectivity index (χ3v) is 4.96. The van der Waals surface area contributed by atoms with E-state index >= 15 is 0 Å². The number of carbonyl (C=O) groups is 1. The van der Waals surface area contributed by atoms with Crippen molar-refractivity contribution < 1.29 is 4.79 Å². The summed E-state index contributed by atoms with van der Waals surface area (Å²) in [5, 5.41) is 3.09. The topological polar surface area (TPSA) is 87.1 Å². The molecule has 2 aliphatic rings. The van der Waals surface area contributed by atoms with Crippen LogP contribution in [0.1, 0.15) is 29.4 Å². The zero-order valence-corrected chi connectivity index (χ0v) is 15.1. The SMILES string of the molecule is CNc1nc(N2CCN(c3ncccn3)CC2)nc2c1C(=O)C[C@@H](C)C2. The lowest BCUT2D eigenvalue weighted by molar-refractivity contribution is 0.0952. The summed E-state index contributed by atoms with van der Waals surface area (Å²) in [7, 11) is 1.81. The monoisotopic (exact) mass is 353 g/mol. The van der Waals surface area contributed by atoms with Gasteiger partial charge in [-0.1, -0.05) is 6.92 Å². The van der Waals surface area contributed by atoms with Crippen molar-refractivity contribution in [1.82, 2.24) is 19.9 Å². The fourth-order valence-corrected chi connectivity index (χ4v) is 3.64. The van der Waals surface area contributed by atoms with E-state index in [0.717, 1.165) is 44.2 Å². The van der Waals surface area contributed by atoms with Gasteiger partial charge in [-0.3, -0.25) is 4.79 Å². The molecule has 136 valence electrons. The summed E-state index contributed by atoms with van der Waals surface area (Å²) in [6.07, 6.45) is 4.92. The largest absolute Gasteiger partial charge is 0.372 e. The summed E-state index contributed by atoms with van der Waals surface area (Å²) >= 11 is 0. The Morgan fingerprint density at radius 1 is 1.00 bits per heavy atom. The van der Waals surface area contributed by atoms with Gasteiger partial charge in [-0.15, -0.1) is 0 Å². The van der Waals surface area contributed by atoms with Crippen molar-refractivity contribution in [3.05, 3.63) is 29.7 Å². The van der Waals surface area contributed by atoms with Gasteiger partial charge in [0.1, 0.15) is 5.82 Å². The van der Waals surface area contributed by atoms with Crippen molar-refractivity contribution >= 4 is 23.5 Å². The number of piperazine rings is 1. The van der Waals surface area contributed by atoms with E-state index in [2.05, 4.69) is 37.0 Å². The molecule has 1 fully saturated rings. The molecule has 0 amide bonds. The molecule has 1 aliphatic carbocycles. The van der Waals surface area contributed by atoms with E-state index in [9.17, 15) is 4.79 Å². The Morgan fingerprint density at radius 3 is 2.31 bits per heavy atom. The minimum absolute atomic E-state index is 0.140. The molecule has 0 aromatic carbocycles. The first-order valence-corrected chi connectivity index (χ1v) is 9.04. The molecule has 1 N–H and O–H groups in total. The molecule has 1 saturated heterocycles. The maximum atomic E-state index is 12.4. The van der Waals surface area contributed by atoms with Gasteiger partial charge < -0.3 is 15.1 Å². The van der Waals surface area contributed by atoms with Crippen molar-refractivity contribution in [3.8, 4) is 0 Å². The number of anilines is 3. The van der Waals surface area contributed by atoms with E-state index in [0.29, 0.717) is 29.7 Å². The lowest BCUT2D eigenvalue weighted by Gasteiger charge is -2.35. The van der Waals surface area contributed by atoms with Crippen LogP contribution in [0.15, 0.2) is 18.5 Å². The van der Waals surface area contributed by atoms with E-state index in [1.165, 1.54) is 0 Å². The number of aromatic nitrogens is 4. The zero-order chi connectivity index (χ0) is 18.1. The van der Waals surface area contributed by atoms with Crippen LogP contribution in [0.3, 0.4) is 0 Å². The van der Waals surface area contributed by atoms with E-state index in [-0.39, 0.29) is 5.78 Å². The van der Waals surface area contributed by atoms with E-state index in [1.807, 2.05) is 13.1 Å². The highest BCUT2D eigenvalue weighted by Crippen LogP contribution is 2.30. The third-order valence-electron chi connectivity index (χ3n) is 4.96. The van der Waals surface area contributed by atoms with Gasteiger partial charge in [0.05, 0.1) is 11.3 Å². The predicted molar refractivity (Wildman–Crippen MR) is 99.9 cm³/mol. The quantitative estimate of drug-likeness (QED) is 0.886. The summed E-state index contributed by atoms with van der Waals surface area (Å²) in [6.45, 7) is 5.32. The summed E-state index contributed by atoms with van der Waals surface area (Å²) in [6, 6.07) is 1.82. The van der Waals surface area contributed by atoms with Crippen LogP contribution >= 0.6 is 0 Å². The summed E-state index contributed by atoms with van der Waals surface area (Å²) in [4.78, 5) is 34.8. The van der Waals surface area contributed by atoms with Gasteiger partial charge in [0.25, 0.3) is 0 Å².